The van der Waals surface area contributed by atoms with Crippen LogP contribution in [-0.2, 0) is 6.54 Å². The molecule has 0 saturated heterocycles. The van der Waals surface area contributed by atoms with E-state index in [9.17, 15) is 0 Å². The Morgan fingerprint density at radius 2 is 2.18 bits per heavy atom. The fourth-order valence-corrected chi connectivity index (χ4v) is 2.56. The molecule has 3 nitrogen and oxygen atoms in total. The number of halogens is 1. The van der Waals surface area contributed by atoms with Gasteiger partial charge >= 0.3 is 0 Å². The highest BCUT2D eigenvalue weighted by atomic mass is 35.5. The van der Waals surface area contributed by atoms with Gasteiger partial charge in [-0.25, -0.2) is 0 Å². The Hall–Kier alpha value is -0.540. The van der Waals surface area contributed by atoms with E-state index >= 15 is 0 Å². The number of rotatable bonds is 6. The van der Waals surface area contributed by atoms with Gasteiger partial charge < -0.3 is 5.32 Å². The van der Waals surface area contributed by atoms with Gasteiger partial charge in [0, 0.05) is 18.6 Å². The zero-order chi connectivity index (χ0) is 11.9. The molecule has 1 aromatic rings. The molecule has 1 fully saturated rings. The fraction of sp³-hybridized carbons (Fsp3) is 0.769. The lowest BCUT2D eigenvalue weighted by molar-refractivity contribution is 0.327. The van der Waals surface area contributed by atoms with Crippen molar-refractivity contribution in [2.45, 2.75) is 51.1 Å². The summed E-state index contributed by atoms with van der Waals surface area (Å²) >= 11 is 5.63. The number of hydrogen-bond donors (Lipinski definition) is 1. The van der Waals surface area contributed by atoms with Crippen molar-refractivity contribution in [3.63, 3.8) is 0 Å². The van der Waals surface area contributed by atoms with E-state index in [1.54, 1.807) is 0 Å². The quantitative estimate of drug-likeness (QED) is 0.625. The summed E-state index contributed by atoms with van der Waals surface area (Å²) in [5.41, 5.74) is 1.14. The minimum atomic E-state index is 0.639. The number of alkyl halides is 1. The van der Waals surface area contributed by atoms with Crippen LogP contribution in [0.1, 0.15) is 50.3 Å². The van der Waals surface area contributed by atoms with E-state index in [1.807, 2.05) is 0 Å². The van der Waals surface area contributed by atoms with E-state index in [2.05, 4.69) is 27.4 Å². The van der Waals surface area contributed by atoms with Crippen LogP contribution in [0.25, 0.3) is 0 Å². The van der Waals surface area contributed by atoms with Gasteiger partial charge in [0.25, 0.3) is 0 Å². The van der Waals surface area contributed by atoms with Crippen LogP contribution in [0.5, 0.6) is 0 Å². The lowest BCUT2D eigenvalue weighted by atomic mass is 9.96. The van der Waals surface area contributed by atoms with Crippen LogP contribution < -0.4 is 5.32 Å². The highest BCUT2D eigenvalue weighted by molar-refractivity contribution is 6.17. The molecule has 1 aliphatic carbocycles. The van der Waals surface area contributed by atoms with Crippen molar-refractivity contribution in [1.29, 1.82) is 0 Å². The first-order valence-electron chi connectivity index (χ1n) is 6.71. The molecule has 96 valence electrons. The van der Waals surface area contributed by atoms with Gasteiger partial charge in [0.2, 0.25) is 0 Å². The van der Waals surface area contributed by atoms with Crippen molar-refractivity contribution >= 4 is 11.6 Å². The van der Waals surface area contributed by atoms with Gasteiger partial charge in [-0.2, -0.15) is 5.10 Å². The van der Waals surface area contributed by atoms with Crippen molar-refractivity contribution in [3.05, 3.63) is 18.0 Å². The molecule has 4 heteroatoms. The van der Waals surface area contributed by atoms with Crippen molar-refractivity contribution in [2.24, 2.45) is 0 Å². The van der Waals surface area contributed by atoms with Crippen molar-refractivity contribution in [3.8, 4) is 0 Å². The Balaban J connectivity index is 1.78. The Bertz CT molecular complexity index is 318. The standard InChI is InChI=1S/C13H22ClN3/c14-8-4-9-15-11-12-7-10-17(16-12)13-5-2-1-3-6-13/h7,10,13,15H,1-6,8-9,11H2. The molecule has 1 heterocycles. The van der Waals surface area contributed by atoms with Gasteiger partial charge in [-0.15, -0.1) is 11.6 Å². The predicted octanol–water partition coefficient (Wildman–Crippen LogP) is 3.11. The summed E-state index contributed by atoms with van der Waals surface area (Å²) in [5.74, 6) is 0.726. The smallest absolute Gasteiger partial charge is 0.0762 e. The molecule has 0 bridgehead atoms. The minimum absolute atomic E-state index is 0.639. The lowest BCUT2D eigenvalue weighted by Crippen LogP contribution is -2.17. The SMILES string of the molecule is ClCCCNCc1ccn(C2CCCCC2)n1. The molecule has 0 spiro atoms. The second-order valence-corrected chi connectivity index (χ2v) is 5.18. The molecule has 1 N–H and O–H groups in total. The Kier molecular flexibility index (Phi) is 5.33. The zero-order valence-electron chi connectivity index (χ0n) is 10.4. The van der Waals surface area contributed by atoms with Gasteiger partial charge in [-0.05, 0) is 31.9 Å². The first-order chi connectivity index (χ1) is 8.40. The van der Waals surface area contributed by atoms with Gasteiger partial charge in [0.05, 0.1) is 11.7 Å². The summed E-state index contributed by atoms with van der Waals surface area (Å²) in [5, 5.41) is 8.01. The molecular weight excluding hydrogens is 234 g/mol. The molecule has 1 aliphatic rings. The van der Waals surface area contributed by atoms with E-state index in [0.717, 1.165) is 31.1 Å². The predicted molar refractivity (Wildman–Crippen MR) is 71.4 cm³/mol. The number of aromatic nitrogens is 2. The average molecular weight is 256 g/mol. The first kappa shape index (κ1) is 12.9. The third-order valence-electron chi connectivity index (χ3n) is 3.41. The summed E-state index contributed by atoms with van der Waals surface area (Å²) < 4.78 is 2.16. The largest absolute Gasteiger partial charge is 0.311 e. The maximum absolute atomic E-state index is 5.63. The highest BCUT2D eigenvalue weighted by Crippen LogP contribution is 2.27. The summed E-state index contributed by atoms with van der Waals surface area (Å²) in [7, 11) is 0. The maximum Gasteiger partial charge on any atom is 0.0762 e. The van der Waals surface area contributed by atoms with E-state index in [-0.39, 0.29) is 0 Å². The fourth-order valence-electron chi connectivity index (χ4n) is 2.43. The van der Waals surface area contributed by atoms with Crippen molar-refractivity contribution < 1.29 is 0 Å². The van der Waals surface area contributed by atoms with Crippen LogP contribution in [0.2, 0.25) is 0 Å². The van der Waals surface area contributed by atoms with E-state index in [1.165, 1.54) is 32.1 Å². The monoisotopic (exact) mass is 255 g/mol. The topological polar surface area (TPSA) is 29.9 Å². The Morgan fingerprint density at radius 1 is 1.35 bits per heavy atom. The Morgan fingerprint density at radius 3 is 2.94 bits per heavy atom. The number of nitrogens with one attached hydrogen (secondary N) is 1. The molecule has 0 unspecified atom stereocenters. The van der Waals surface area contributed by atoms with Gasteiger partial charge in [-0.3, -0.25) is 4.68 Å². The number of nitrogens with zero attached hydrogens (tertiary/aromatic N) is 2. The highest BCUT2D eigenvalue weighted by Gasteiger charge is 2.15. The molecule has 0 aliphatic heterocycles. The zero-order valence-corrected chi connectivity index (χ0v) is 11.1. The van der Waals surface area contributed by atoms with Crippen LogP contribution >= 0.6 is 11.6 Å². The van der Waals surface area contributed by atoms with Crippen LogP contribution in [0.4, 0.5) is 0 Å². The Labute approximate surface area is 109 Å². The molecule has 0 aromatic carbocycles. The van der Waals surface area contributed by atoms with Crippen LogP contribution in [0.3, 0.4) is 0 Å². The van der Waals surface area contributed by atoms with Crippen LogP contribution in [-0.4, -0.2) is 22.2 Å². The molecule has 1 saturated carbocycles. The second kappa shape index (κ2) is 7.02. The first-order valence-corrected chi connectivity index (χ1v) is 7.24. The van der Waals surface area contributed by atoms with Crippen LogP contribution in [0.15, 0.2) is 12.3 Å². The molecule has 2 rings (SSSR count). The summed E-state index contributed by atoms with van der Waals surface area (Å²) in [6, 6.07) is 2.77. The summed E-state index contributed by atoms with van der Waals surface area (Å²) in [4.78, 5) is 0. The molecule has 1 aromatic heterocycles. The van der Waals surface area contributed by atoms with Gasteiger partial charge in [0.15, 0.2) is 0 Å². The van der Waals surface area contributed by atoms with Gasteiger partial charge in [-0.1, -0.05) is 19.3 Å². The van der Waals surface area contributed by atoms with Crippen LogP contribution in [0, 0.1) is 0 Å². The normalized spacial score (nSPS) is 17.5. The average Bonchev–Trinajstić information content (AvgIpc) is 2.85. The van der Waals surface area contributed by atoms with E-state index < -0.39 is 0 Å². The number of hydrogen-bond acceptors (Lipinski definition) is 2. The second-order valence-electron chi connectivity index (χ2n) is 4.80. The summed E-state index contributed by atoms with van der Waals surface area (Å²) in [6.07, 6.45) is 9.84. The molecule has 0 radical (unpaired) electrons. The third-order valence-corrected chi connectivity index (χ3v) is 3.67. The van der Waals surface area contributed by atoms with E-state index in [0.29, 0.717) is 6.04 Å². The minimum Gasteiger partial charge on any atom is -0.311 e. The van der Waals surface area contributed by atoms with Gasteiger partial charge in [0.1, 0.15) is 0 Å². The van der Waals surface area contributed by atoms with Crippen molar-refractivity contribution in [2.75, 3.05) is 12.4 Å². The van der Waals surface area contributed by atoms with Crippen molar-refractivity contribution in [1.82, 2.24) is 15.1 Å². The molecule has 0 amide bonds. The molecule has 17 heavy (non-hydrogen) atoms. The molecular formula is C13H22ClN3. The summed E-state index contributed by atoms with van der Waals surface area (Å²) in [6.45, 7) is 1.83. The van der Waals surface area contributed by atoms with E-state index in [4.69, 9.17) is 11.6 Å². The maximum atomic E-state index is 5.63. The lowest BCUT2D eigenvalue weighted by Gasteiger charge is -2.21. The molecule has 0 atom stereocenters. The third kappa shape index (κ3) is 4.00.